The first-order valence-corrected chi connectivity index (χ1v) is 10.9. The van der Waals surface area contributed by atoms with Crippen molar-refractivity contribution in [2.24, 2.45) is 0 Å². The number of hydrogen-bond acceptors (Lipinski definition) is 3. The molecule has 0 aromatic heterocycles. The summed E-state index contributed by atoms with van der Waals surface area (Å²) in [5.41, 5.74) is 2.75. The van der Waals surface area contributed by atoms with Crippen molar-refractivity contribution < 1.29 is 14.0 Å². The Hall–Kier alpha value is -3.67. The molecule has 4 rings (SSSR count). The molecule has 32 heavy (non-hydrogen) atoms. The van der Waals surface area contributed by atoms with E-state index in [0.29, 0.717) is 17.8 Å². The summed E-state index contributed by atoms with van der Waals surface area (Å²) in [4.78, 5) is 27.9. The average Bonchev–Trinajstić information content (AvgIpc) is 2.84. The summed E-state index contributed by atoms with van der Waals surface area (Å²) in [6.45, 7) is 2.19. The summed E-state index contributed by atoms with van der Waals surface area (Å²) < 4.78 is 14.0. The molecule has 0 saturated carbocycles. The van der Waals surface area contributed by atoms with Gasteiger partial charge in [0.2, 0.25) is 0 Å². The van der Waals surface area contributed by atoms with Gasteiger partial charge in [-0.2, -0.15) is 0 Å². The van der Waals surface area contributed by atoms with Crippen LogP contribution in [0.25, 0.3) is 0 Å². The highest BCUT2D eigenvalue weighted by atomic mass is 19.1. The molecule has 1 aliphatic rings. The standard InChI is InChI=1S/C26H26FN3O2/c27-23-12-6-5-11-21(23)26(32)29-20-13-14-24(30-15-7-2-8-16-30)22(17-20)25(31)28-18-19-9-3-1-4-10-19/h1,3-6,9-14,17H,2,7-8,15-16,18H2,(H,28,31)(H,29,32). The first-order valence-electron chi connectivity index (χ1n) is 10.9. The summed E-state index contributed by atoms with van der Waals surface area (Å²) in [7, 11) is 0. The topological polar surface area (TPSA) is 61.4 Å². The normalized spacial score (nSPS) is 13.5. The Balaban J connectivity index is 1.58. The number of benzene rings is 3. The minimum Gasteiger partial charge on any atom is -0.371 e. The first-order chi connectivity index (χ1) is 15.6. The maximum Gasteiger partial charge on any atom is 0.258 e. The number of rotatable bonds is 6. The third-order valence-corrected chi connectivity index (χ3v) is 5.61. The van der Waals surface area contributed by atoms with Crippen molar-refractivity contribution in [3.63, 3.8) is 0 Å². The van der Waals surface area contributed by atoms with E-state index < -0.39 is 11.7 Å². The quantitative estimate of drug-likeness (QED) is 0.578. The number of anilines is 2. The molecule has 1 heterocycles. The molecule has 0 bridgehead atoms. The van der Waals surface area contributed by atoms with Gasteiger partial charge in [0.15, 0.2) is 0 Å². The monoisotopic (exact) mass is 431 g/mol. The van der Waals surface area contributed by atoms with Gasteiger partial charge in [0.1, 0.15) is 5.82 Å². The van der Waals surface area contributed by atoms with Crippen LogP contribution in [0.1, 0.15) is 45.5 Å². The van der Waals surface area contributed by atoms with Gasteiger partial charge in [-0.25, -0.2) is 4.39 Å². The number of piperidine rings is 1. The molecule has 6 heteroatoms. The second kappa shape index (κ2) is 10.1. The molecule has 2 amide bonds. The number of nitrogens with zero attached hydrogens (tertiary/aromatic N) is 1. The molecule has 0 atom stereocenters. The summed E-state index contributed by atoms with van der Waals surface area (Å²) in [5, 5.41) is 5.70. The van der Waals surface area contributed by atoms with Gasteiger partial charge in [-0.15, -0.1) is 0 Å². The van der Waals surface area contributed by atoms with E-state index in [1.807, 2.05) is 36.4 Å². The third kappa shape index (κ3) is 5.14. The number of hydrogen-bond donors (Lipinski definition) is 2. The van der Waals surface area contributed by atoms with Crippen LogP contribution in [0.15, 0.2) is 72.8 Å². The van der Waals surface area contributed by atoms with Crippen LogP contribution in [0.4, 0.5) is 15.8 Å². The van der Waals surface area contributed by atoms with Gasteiger partial charge in [0, 0.05) is 31.0 Å². The van der Waals surface area contributed by atoms with Gasteiger partial charge in [-0.3, -0.25) is 9.59 Å². The van der Waals surface area contributed by atoms with Crippen LogP contribution in [0.5, 0.6) is 0 Å². The van der Waals surface area contributed by atoms with Crippen LogP contribution in [-0.4, -0.2) is 24.9 Å². The highest BCUT2D eigenvalue weighted by Gasteiger charge is 2.20. The predicted octanol–water partition coefficient (Wildman–Crippen LogP) is 5.00. The number of carbonyl (C=O) groups excluding carboxylic acids is 2. The minimum absolute atomic E-state index is 0.0392. The number of halogens is 1. The van der Waals surface area contributed by atoms with Gasteiger partial charge in [-0.1, -0.05) is 42.5 Å². The molecule has 1 fully saturated rings. The Morgan fingerprint density at radius 3 is 2.28 bits per heavy atom. The Bertz CT molecular complexity index is 1100. The molecule has 0 aliphatic carbocycles. The lowest BCUT2D eigenvalue weighted by Crippen LogP contribution is -2.32. The molecule has 3 aromatic carbocycles. The van der Waals surface area contributed by atoms with Gasteiger partial charge >= 0.3 is 0 Å². The van der Waals surface area contributed by atoms with E-state index in [0.717, 1.165) is 37.2 Å². The summed E-state index contributed by atoms with van der Waals surface area (Å²) in [5.74, 6) is -1.35. The second-order valence-electron chi connectivity index (χ2n) is 7.88. The Kier molecular flexibility index (Phi) is 6.80. The summed E-state index contributed by atoms with van der Waals surface area (Å²) in [6.07, 6.45) is 3.34. The zero-order valence-electron chi connectivity index (χ0n) is 17.8. The molecule has 0 radical (unpaired) electrons. The van der Waals surface area contributed by atoms with E-state index in [1.54, 1.807) is 18.2 Å². The maximum atomic E-state index is 14.0. The molecule has 1 aliphatic heterocycles. The van der Waals surface area contributed by atoms with E-state index in [4.69, 9.17) is 0 Å². The zero-order chi connectivity index (χ0) is 22.3. The van der Waals surface area contributed by atoms with E-state index in [9.17, 15) is 14.0 Å². The molecule has 0 unspecified atom stereocenters. The van der Waals surface area contributed by atoms with Crippen molar-refractivity contribution in [2.75, 3.05) is 23.3 Å². The zero-order valence-corrected chi connectivity index (χ0v) is 17.8. The number of carbonyl (C=O) groups is 2. The molecule has 0 spiro atoms. The van der Waals surface area contributed by atoms with E-state index in [1.165, 1.54) is 24.6 Å². The highest BCUT2D eigenvalue weighted by Crippen LogP contribution is 2.28. The van der Waals surface area contributed by atoms with Crippen molar-refractivity contribution in [1.82, 2.24) is 5.32 Å². The lowest BCUT2D eigenvalue weighted by Gasteiger charge is -2.30. The summed E-state index contributed by atoms with van der Waals surface area (Å²) >= 11 is 0. The highest BCUT2D eigenvalue weighted by molar-refractivity contribution is 6.06. The SMILES string of the molecule is O=C(Nc1ccc(N2CCCCC2)c(C(=O)NCc2ccccc2)c1)c1ccccc1F. The Morgan fingerprint density at radius 2 is 1.53 bits per heavy atom. The Morgan fingerprint density at radius 1 is 0.812 bits per heavy atom. The summed E-state index contributed by atoms with van der Waals surface area (Å²) in [6, 6.07) is 20.8. The molecule has 5 nitrogen and oxygen atoms in total. The van der Waals surface area contributed by atoms with Gasteiger partial charge < -0.3 is 15.5 Å². The van der Waals surface area contributed by atoms with Crippen LogP contribution < -0.4 is 15.5 Å². The largest absolute Gasteiger partial charge is 0.371 e. The fourth-order valence-electron chi connectivity index (χ4n) is 3.92. The first kappa shape index (κ1) is 21.6. The minimum atomic E-state index is -0.587. The van der Waals surface area contributed by atoms with Crippen molar-refractivity contribution in [2.45, 2.75) is 25.8 Å². The second-order valence-corrected chi connectivity index (χ2v) is 7.88. The van der Waals surface area contributed by atoms with Crippen LogP contribution in [0.2, 0.25) is 0 Å². The molecule has 3 aromatic rings. The van der Waals surface area contributed by atoms with Crippen molar-refractivity contribution in [3.05, 3.63) is 95.3 Å². The number of nitrogens with one attached hydrogen (secondary N) is 2. The van der Waals surface area contributed by atoms with Crippen molar-refractivity contribution in [3.8, 4) is 0 Å². The molecule has 1 saturated heterocycles. The van der Waals surface area contributed by atoms with Gasteiger partial charge in [-0.05, 0) is 55.2 Å². The van der Waals surface area contributed by atoms with Crippen LogP contribution in [-0.2, 0) is 6.54 Å². The molecule has 164 valence electrons. The fourth-order valence-corrected chi connectivity index (χ4v) is 3.92. The number of amides is 2. The predicted molar refractivity (Wildman–Crippen MR) is 124 cm³/mol. The fraction of sp³-hybridized carbons (Fsp3) is 0.231. The average molecular weight is 432 g/mol. The van der Waals surface area contributed by atoms with Gasteiger partial charge in [0.05, 0.1) is 11.1 Å². The Labute approximate surface area is 187 Å². The molecular formula is C26H26FN3O2. The maximum absolute atomic E-state index is 14.0. The van der Waals surface area contributed by atoms with Crippen molar-refractivity contribution in [1.29, 1.82) is 0 Å². The van der Waals surface area contributed by atoms with Crippen LogP contribution >= 0.6 is 0 Å². The smallest absolute Gasteiger partial charge is 0.258 e. The van der Waals surface area contributed by atoms with Crippen LogP contribution in [0.3, 0.4) is 0 Å². The van der Waals surface area contributed by atoms with E-state index in [-0.39, 0.29) is 11.5 Å². The van der Waals surface area contributed by atoms with E-state index >= 15 is 0 Å². The lowest BCUT2D eigenvalue weighted by atomic mass is 10.1. The third-order valence-electron chi connectivity index (χ3n) is 5.61. The van der Waals surface area contributed by atoms with Gasteiger partial charge in [0.25, 0.3) is 11.8 Å². The van der Waals surface area contributed by atoms with E-state index in [2.05, 4.69) is 15.5 Å². The van der Waals surface area contributed by atoms with Crippen LogP contribution in [0, 0.1) is 5.82 Å². The molecule has 2 N–H and O–H groups in total. The van der Waals surface area contributed by atoms with Crippen molar-refractivity contribution >= 4 is 23.2 Å². The lowest BCUT2D eigenvalue weighted by molar-refractivity contribution is 0.0949. The molecular weight excluding hydrogens is 405 g/mol.